The molecule has 196 valence electrons. The second-order valence-corrected chi connectivity index (χ2v) is 9.41. The third kappa shape index (κ3) is 6.12. The van der Waals surface area contributed by atoms with Gasteiger partial charge in [0.05, 0.1) is 44.2 Å². The van der Waals surface area contributed by atoms with E-state index in [4.69, 9.17) is 13.9 Å². The van der Waals surface area contributed by atoms with Crippen molar-refractivity contribution in [1.29, 1.82) is 0 Å². The van der Waals surface area contributed by atoms with E-state index in [0.717, 1.165) is 37.2 Å². The highest BCUT2D eigenvalue weighted by molar-refractivity contribution is 5.78. The Morgan fingerprint density at radius 1 is 1.22 bits per heavy atom. The lowest BCUT2D eigenvalue weighted by molar-refractivity contribution is -0.134. The molecule has 11 nitrogen and oxygen atoms in total. The number of benzene rings is 1. The maximum absolute atomic E-state index is 13.3. The third-order valence-electron chi connectivity index (χ3n) is 6.90. The molecule has 1 saturated heterocycles. The van der Waals surface area contributed by atoms with Crippen molar-refractivity contribution in [3.63, 3.8) is 0 Å². The van der Waals surface area contributed by atoms with Gasteiger partial charge in [-0.2, -0.15) is 0 Å². The van der Waals surface area contributed by atoms with Crippen LogP contribution in [0.15, 0.2) is 39.5 Å². The lowest BCUT2D eigenvalue weighted by Crippen LogP contribution is -2.44. The average Bonchev–Trinajstić information content (AvgIpc) is 3.42. The van der Waals surface area contributed by atoms with Crippen molar-refractivity contribution < 1.29 is 18.7 Å². The molecule has 2 aliphatic heterocycles. The van der Waals surface area contributed by atoms with E-state index in [1.54, 1.807) is 12.0 Å². The van der Waals surface area contributed by atoms with Crippen LogP contribution in [0.5, 0.6) is 0 Å². The number of likely N-dealkylation sites (tertiary alicyclic amines) is 1. The zero-order valence-corrected chi connectivity index (χ0v) is 21.0. The van der Waals surface area contributed by atoms with Crippen molar-refractivity contribution in [3.8, 4) is 11.5 Å². The topological polar surface area (TPSA) is 127 Å². The number of carbonyl (C=O) groups is 1. The number of H-pyrrole nitrogens is 1. The lowest BCUT2D eigenvalue weighted by Gasteiger charge is -2.32. The van der Waals surface area contributed by atoms with Crippen molar-refractivity contribution in [2.45, 2.75) is 38.3 Å². The fourth-order valence-electron chi connectivity index (χ4n) is 4.77. The first kappa shape index (κ1) is 25.2. The first-order valence-electron chi connectivity index (χ1n) is 12.7. The van der Waals surface area contributed by atoms with Crippen LogP contribution in [0, 0.1) is 0 Å². The van der Waals surface area contributed by atoms with Crippen molar-refractivity contribution in [2.24, 2.45) is 0 Å². The molecule has 2 aliphatic rings. The summed E-state index contributed by atoms with van der Waals surface area (Å²) in [5.41, 5.74) is 2.04. The van der Waals surface area contributed by atoms with Crippen LogP contribution in [-0.2, 0) is 33.8 Å². The number of hydrogen-bond acceptors (Lipinski definition) is 9. The molecule has 5 rings (SSSR count). The van der Waals surface area contributed by atoms with Crippen LogP contribution in [-0.4, -0.2) is 82.4 Å². The van der Waals surface area contributed by atoms with Gasteiger partial charge in [0, 0.05) is 31.6 Å². The number of carbonyl (C=O) groups excluding carboxylic acids is 1. The lowest BCUT2D eigenvalue weighted by atomic mass is 9.97. The van der Waals surface area contributed by atoms with Crippen molar-refractivity contribution in [2.75, 3.05) is 46.5 Å². The van der Waals surface area contributed by atoms with Gasteiger partial charge in [0.2, 0.25) is 17.7 Å². The summed E-state index contributed by atoms with van der Waals surface area (Å²) < 4.78 is 16.5. The van der Waals surface area contributed by atoms with E-state index in [-0.39, 0.29) is 30.5 Å². The summed E-state index contributed by atoms with van der Waals surface area (Å²) in [6.45, 7) is 3.67. The van der Waals surface area contributed by atoms with Gasteiger partial charge in [-0.3, -0.25) is 14.5 Å². The standard InChI is InChI=1S/C26H32N6O5/c1-35-14-12-32(15-22-27-21-9-13-36-17-20(21)24(34)28-22)23(33)16-31-10-7-19(8-11-31)26-30-29-25(37-26)18-5-3-2-4-6-18/h2-6,19H,7-17H2,1H3,(H,27,28,34). The van der Waals surface area contributed by atoms with Crippen LogP contribution in [0.1, 0.15) is 41.7 Å². The van der Waals surface area contributed by atoms with Gasteiger partial charge in [0.15, 0.2) is 0 Å². The molecule has 0 aliphatic carbocycles. The fourth-order valence-corrected chi connectivity index (χ4v) is 4.77. The molecule has 1 fully saturated rings. The number of methoxy groups -OCH3 is 1. The van der Waals surface area contributed by atoms with Gasteiger partial charge in [-0.15, -0.1) is 10.2 Å². The SMILES string of the molecule is COCCN(Cc1nc2c(c(=O)[nH]1)COCC2)C(=O)CN1CCC(c2nnc(-c3ccccc3)o2)CC1. The van der Waals surface area contributed by atoms with E-state index in [0.29, 0.717) is 55.9 Å². The quantitative estimate of drug-likeness (QED) is 0.460. The molecule has 0 spiro atoms. The van der Waals surface area contributed by atoms with Crippen LogP contribution in [0.3, 0.4) is 0 Å². The molecule has 4 heterocycles. The van der Waals surface area contributed by atoms with Crippen molar-refractivity contribution >= 4 is 5.91 Å². The van der Waals surface area contributed by atoms with Gasteiger partial charge in [-0.1, -0.05) is 18.2 Å². The Hall–Kier alpha value is -3.41. The van der Waals surface area contributed by atoms with Gasteiger partial charge in [0.1, 0.15) is 5.82 Å². The first-order chi connectivity index (χ1) is 18.1. The number of aromatic nitrogens is 4. The summed E-state index contributed by atoms with van der Waals surface area (Å²) in [5.74, 6) is 1.82. The van der Waals surface area contributed by atoms with E-state index < -0.39 is 0 Å². The van der Waals surface area contributed by atoms with Gasteiger partial charge in [-0.25, -0.2) is 4.98 Å². The minimum atomic E-state index is -0.197. The van der Waals surface area contributed by atoms with E-state index in [2.05, 4.69) is 25.1 Å². The number of fused-ring (bicyclic) bond motifs is 1. The second-order valence-electron chi connectivity index (χ2n) is 9.41. The second kappa shape index (κ2) is 11.8. The maximum atomic E-state index is 13.3. The summed E-state index contributed by atoms with van der Waals surface area (Å²) in [7, 11) is 1.60. The van der Waals surface area contributed by atoms with Crippen molar-refractivity contribution in [1.82, 2.24) is 30.0 Å². The molecule has 0 unspecified atom stereocenters. The Kier molecular flexibility index (Phi) is 8.02. The maximum Gasteiger partial charge on any atom is 0.256 e. The van der Waals surface area contributed by atoms with Crippen LogP contribution in [0.4, 0.5) is 0 Å². The number of rotatable bonds is 9. The van der Waals surface area contributed by atoms with E-state index in [1.165, 1.54) is 0 Å². The van der Waals surface area contributed by atoms with Crippen LogP contribution < -0.4 is 5.56 Å². The Bertz CT molecular complexity index is 1250. The molecule has 0 bridgehead atoms. The van der Waals surface area contributed by atoms with Crippen LogP contribution >= 0.6 is 0 Å². The summed E-state index contributed by atoms with van der Waals surface area (Å²) in [5, 5.41) is 8.49. The zero-order chi connectivity index (χ0) is 25.6. The summed E-state index contributed by atoms with van der Waals surface area (Å²) in [4.78, 5) is 37.0. The normalized spacial score (nSPS) is 16.5. The van der Waals surface area contributed by atoms with Gasteiger partial charge in [-0.05, 0) is 38.1 Å². The third-order valence-corrected chi connectivity index (χ3v) is 6.90. The summed E-state index contributed by atoms with van der Waals surface area (Å²) in [6.07, 6.45) is 2.27. The summed E-state index contributed by atoms with van der Waals surface area (Å²) in [6, 6.07) is 9.74. The Morgan fingerprint density at radius 2 is 2.03 bits per heavy atom. The average molecular weight is 509 g/mol. The molecule has 0 atom stereocenters. The highest BCUT2D eigenvalue weighted by atomic mass is 16.5. The number of amides is 1. The number of piperidine rings is 1. The fraction of sp³-hybridized carbons (Fsp3) is 0.500. The highest BCUT2D eigenvalue weighted by Gasteiger charge is 2.28. The summed E-state index contributed by atoms with van der Waals surface area (Å²) >= 11 is 0. The van der Waals surface area contributed by atoms with Crippen LogP contribution in [0.25, 0.3) is 11.5 Å². The molecule has 37 heavy (non-hydrogen) atoms. The molecule has 1 N–H and O–H groups in total. The molecular weight excluding hydrogens is 476 g/mol. The Morgan fingerprint density at radius 3 is 2.81 bits per heavy atom. The van der Waals surface area contributed by atoms with E-state index in [9.17, 15) is 9.59 Å². The molecule has 3 aromatic rings. The predicted octanol–water partition coefficient (Wildman–Crippen LogP) is 1.75. The minimum absolute atomic E-state index is 0.0247. The molecule has 0 radical (unpaired) electrons. The Labute approximate surface area is 214 Å². The number of aromatic amines is 1. The van der Waals surface area contributed by atoms with E-state index in [1.807, 2.05) is 30.3 Å². The highest BCUT2D eigenvalue weighted by Crippen LogP contribution is 2.29. The first-order valence-corrected chi connectivity index (χ1v) is 12.7. The smallest absolute Gasteiger partial charge is 0.256 e. The number of nitrogens with zero attached hydrogens (tertiary/aromatic N) is 5. The van der Waals surface area contributed by atoms with Gasteiger partial charge in [0.25, 0.3) is 5.56 Å². The van der Waals surface area contributed by atoms with Crippen LogP contribution in [0.2, 0.25) is 0 Å². The number of nitrogens with one attached hydrogen (secondary N) is 1. The molecule has 1 amide bonds. The number of ether oxygens (including phenoxy) is 2. The zero-order valence-electron chi connectivity index (χ0n) is 21.0. The number of hydrogen-bond donors (Lipinski definition) is 1. The van der Waals surface area contributed by atoms with Crippen molar-refractivity contribution in [3.05, 3.63) is 63.7 Å². The Balaban J connectivity index is 1.18. The molecule has 1 aromatic carbocycles. The largest absolute Gasteiger partial charge is 0.420 e. The predicted molar refractivity (Wildman–Crippen MR) is 134 cm³/mol. The minimum Gasteiger partial charge on any atom is -0.420 e. The van der Waals surface area contributed by atoms with E-state index >= 15 is 0 Å². The molecular formula is C26H32N6O5. The van der Waals surface area contributed by atoms with Gasteiger partial charge < -0.3 is 23.8 Å². The molecule has 2 aromatic heterocycles. The molecule has 0 saturated carbocycles. The molecule has 11 heteroatoms. The monoisotopic (exact) mass is 508 g/mol. The van der Waals surface area contributed by atoms with Gasteiger partial charge >= 0.3 is 0 Å².